The topological polar surface area (TPSA) is 177 Å². The fourth-order valence-electron chi connectivity index (χ4n) is 9.74. The van der Waals surface area contributed by atoms with Gasteiger partial charge in [0, 0.05) is 43.3 Å². The quantitative estimate of drug-likeness (QED) is 0.142. The highest BCUT2D eigenvalue weighted by molar-refractivity contribution is 6.06. The van der Waals surface area contributed by atoms with Gasteiger partial charge in [0.2, 0.25) is 11.8 Å². The highest BCUT2D eigenvalue weighted by atomic mass is 16.5. The molecule has 3 N–H and O–H groups in total. The molecule has 0 saturated carbocycles. The number of H-pyrrole nitrogens is 1. The molecule has 6 atom stereocenters. The van der Waals surface area contributed by atoms with Crippen molar-refractivity contribution in [2.24, 2.45) is 22.7 Å². The molecule has 0 aliphatic carbocycles. The Morgan fingerprint density at radius 2 is 1.61 bits per heavy atom. The van der Waals surface area contributed by atoms with Gasteiger partial charge in [-0.1, -0.05) is 45.9 Å². The van der Waals surface area contributed by atoms with Gasteiger partial charge in [-0.15, -0.1) is 0 Å². The second-order valence-corrected chi connectivity index (χ2v) is 17.7. The molecule has 5 heterocycles. The number of hydrogen-bond acceptors (Lipinski definition) is 10. The first-order valence-corrected chi connectivity index (χ1v) is 21.6. The molecule has 2 saturated heterocycles. The van der Waals surface area contributed by atoms with Gasteiger partial charge < -0.3 is 44.4 Å². The summed E-state index contributed by atoms with van der Waals surface area (Å²) in [6.07, 6.45) is 3.44. The van der Waals surface area contributed by atoms with Gasteiger partial charge >= 0.3 is 12.2 Å². The first-order valence-electron chi connectivity index (χ1n) is 21.6. The molecule has 0 unspecified atom stereocenters. The molecule has 4 aromatic rings. The molecular weight excluding hydrogens is 791 g/mol. The van der Waals surface area contributed by atoms with Gasteiger partial charge in [-0.05, 0) is 95.3 Å². The lowest BCUT2D eigenvalue weighted by Crippen LogP contribution is -2.53. The Balaban J connectivity index is 1.02. The summed E-state index contributed by atoms with van der Waals surface area (Å²) in [5.41, 5.74) is 7.88. The van der Waals surface area contributed by atoms with Crippen LogP contribution in [0.1, 0.15) is 76.9 Å². The van der Waals surface area contributed by atoms with Gasteiger partial charge in [0.25, 0.3) is 0 Å². The number of imidazole rings is 1. The molecule has 3 aromatic carbocycles. The largest absolute Gasteiger partial charge is 0.488 e. The van der Waals surface area contributed by atoms with Crippen molar-refractivity contribution in [3.05, 3.63) is 65.6 Å². The molecule has 0 bridgehead atoms. The zero-order valence-corrected chi connectivity index (χ0v) is 36.7. The molecule has 4 aliphatic heterocycles. The number of likely N-dealkylation sites (tertiary alicyclic amines) is 2. The SMILES string of the molecule is COC[C@H]1C[C@@H](C2=Nc3ccc4cc5c(cc4c3C2)OCc2cc(-c3cnc([C@@H]4CC[C@H](C)N4C(=O)[C@@H](NC(=O)OC)C(C)C)[nH]3)ccc2-5)N(C(=O)[C@@H](NC(=O)OC)C(C)C)C1. The summed E-state index contributed by atoms with van der Waals surface area (Å²) in [6, 6.07) is 12.9. The van der Waals surface area contributed by atoms with Gasteiger partial charge in [-0.3, -0.25) is 14.6 Å². The van der Waals surface area contributed by atoms with E-state index in [0.29, 0.717) is 32.0 Å². The Hall–Kier alpha value is -5.96. The van der Waals surface area contributed by atoms with E-state index in [0.717, 1.165) is 80.7 Å². The maximum absolute atomic E-state index is 14.1. The molecule has 0 spiro atoms. The Bertz CT molecular complexity index is 2430. The number of rotatable bonds is 11. The number of aromatic nitrogens is 2. The van der Waals surface area contributed by atoms with Crippen molar-refractivity contribution >= 4 is 46.2 Å². The van der Waals surface area contributed by atoms with Crippen LogP contribution in [-0.4, -0.2) is 108 Å². The van der Waals surface area contributed by atoms with Gasteiger partial charge in [0.1, 0.15) is 30.3 Å². The number of nitrogens with one attached hydrogen (secondary N) is 3. The molecule has 1 aromatic heterocycles. The van der Waals surface area contributed by atoms with E-state index in [1.54, 1.807) is 7.11 Å². The summed E-state index contributed by atoms with van der Waals surface area (Å²) in [7, 11) is 4.26. The van der Waals surface area contributed by atoms with E-state index in [2.05, 4.69) is 58.1 Å². The third kappa shape index (κ3) is 7.98. The lowest BCUT2D eigenvalue weighted by Gasteiger charge is -2.32. The number of carbonyl (C=O) groups is 4. The summed E-state index contributed by atoms with van der Waals surface area (Å²) in [6.45, 7) is 11.1. The predicted octanol–water partition coefficient (Wildman–Crippen LogP) is 7.09. The summed E-state index contributed by atoms with van der Waals surface area (Å²) in [4.78, 5) is 69.4. The smallest absolute Gasteiger partial charge is 0.407 e. The van der Waals surface area contributed by atoms with Crippen molar-refractivity contribution in [1.82, 2.24) is 30.4 Å². The minimum Gasteiger partial charge on any atom is -0.488 e. The van der Waals surface area contributed by atoms with Crippen LogP contribution in [0.3, 0.4) is 0 Å². The Morgan fingerprint density at radius 3 is 2.31 bits per heavy atom. The monoisotopic (exact) mass is 847 g/mol. The van der Waals surface area contributed by atoms with Gasteiger partial charge in [-0.25, -0.2) is 14.6 Å². The number of alkyl carbamates (subject to hydrolysis) is 2. The van der Waals surface area contributed by atoms with Crippen LogP contribution in [0.25, 0.3) is 33.2 Å². The summed E-state index contributed by atoms with van der Waals surface area (Å²) >= 11 is 0. The zero-order chi connectivity index (χ0) is 44.0. The van der Waals surface area contributed by atoms with E-state index in [4.69, 9.17) is 28.9 Å². The highest BCUT2D eigenvalue weighted by Crippen LogP contribution is 2.45. The number of fused-ring (bicyclic) bond motifs is 6. The van der Waals surface area contributed by atoms with Gasteiger partial charge in [-0.2, -0.15) is 0 Å². The van der Waals surface area contributed by atoms with Crippen molar-refractivity contribution < 1.29 is 38.1 Å². The van der Waals surface area contributed by atoms with E-state index >= 15 is 0 Å². The molecule has 15 nitrogen and oxygen atoms in total. The maximum Gasteiger partial charge on any atom is 0.407 e. The molecule has 4 aliphatic rings. The van der Waals surface area contributed by atoms with Gasteiger partial charge in [0.05, 0.1) is 50.5 Å². The van der Waals surface area contributed by atoms with Crippen LogP contribution in [0.4, 0.5) is 15.3 Å². The molecule has 2 fully saturated rings. The fraction of sp³-hybridized carbons (Fsp3) is 0.489. The number of benzene rings is 3. The number of ether oxygens (including phenoxy) is 4. The van der Waals surface area contributed by atoms with Crippen LogP contribution in [0.5, 0.6) is 5.75 Å². The van der Waals surface area contributed by atoms with Crippen LogP contribution < -0.4 is 15.4 Å². The first kappa shape index (κ1) is 42.7. The lowest BCUT2D eigenvalue weighted by atomic mass is 9.90. The van der Waals surface area contributed by atoms with E-state index in [-0.39, 0.29) is 47.7 Å². The Morgan fingerprint density at radius 1 is 0.887 bits per heavy atom. The van der Waals surface area contributed by atoms with E-state index < -0.39 is 24.3 Å². The summed E-state index contributed by atoms with van der Waals surface area (Å²) in [5.74, 6) is 1.08. The summed E-state index contributed by atoms with van der Waals surface area (Å²) in [5, 5.41) is 7.62. The average Bonchev–Trinajstić information content (AvgIpc) is 4.09. The molecular formula is C47H57N7O8. The van der Waals surface area contributed by atoms with Crippen molar-refractivity contribution in [2.45, 2.75) is 97.1 Å². The number of nitrogens with zero attached hydrogens (tertiary/aromatic N) is 4. The number of aliphatic imine (C=N–C) groups is 1. The van der Waals surface area contributed by atoms with Gasteiger partial charge in [0.15, 0.2) is 0 Å². The van der Waals surface area contributed by atoms with Crippen LogP contribution >= 0.6 is 0 Å². The second-order valence-electron chi connectivity index (χ2n) is 17.7. The third-order valence-corrected chi connectivity index (χ3v) is 13.0. The normalized spacial score (nSPS) is 21.2. The van der Waals surface area contributed by atoms with Crippen molar-refractivity contribution in [3.8, 4) is 28.1 Å². The number of carbonyl (C=O) groups excluding carboxylic acids is 4. The standard InChI is InChI=1S/C47H57N7O8/c1-24(2)41(51-46(57)60-7)44(55)53-21-27(22-59-6)15-39(53)36-18-33-32-19-40-34(17-28(32)11-13-35(33)49-36)31-12-10-29(16-30(31)23-62-40)37-20-48-43(50-37)38-14-9-26(5)54(38)45(56)42(25(3)4)52-47(58)61-8/h10-13,16-17,19-20,24-27,38-39,41-42H,9,14-15,18,21-23H2,1-8H3,(H,48,50)(H,51,57)(H,52,58)/t26-,27-,38-,39-,41-,42-/m0/s1. The number of aromatic amines is 1. The number of amides is 4. The van der Waals surface area contributed by atoms with Crippen molar-refractivity contribution in [3.63, 3.8) is 0 Å². The maximum atomic E-state index is 14.1. The first-order chi connectivity index (χ1) is 29.8. The highest BCUT2D eigenvalue weighted by Gasteiger charge is 2.44. The second kappa shape index (κ2) is 17.4. The number of hydrogen-bond donors (Lipinski definition) is 3. The molecule has 15 heteroatoms. The van der Waals surface area contributed by atoms with Crippen LogP contribution in [0.15, 0.2) is 53.7 Å². The van der Waals surface area contributed by atoms with E-state index in [1.165, 1.54) is 14.2 Å². The van der Waals surface area contributed by atoms with Crippen LogP contribution in [0.2, 0.25) is 0 Å². The Kier molecular flexibility index (Phi) is 12.0. The van der Waals surface area contributed by atoms with Crippen LogP contribution in [-0.2, 0) is 36.8 Å². The zero-order valence-electron chi connectivity index (χ0n) is 36.7. The molecule has 328 valence electrons. The molecule has 62 heavy (non-hydrogen) atoms. The minimum atomic E-state index is -0.734. The third-order valence-electron chi connectivity index (χ3n) is 13.0. The Labute approximate surface area is 361 Å². The van der Waals surface area contributed by atoms with Crippen molar-refractivity contribution in [2.75, 3.05) is 34.5 Å². The molecule has 0 radical (unpaired) electrons. The van der Waals surface area contributed by atoms with Crippen molar-refractivity contribution in [1.29, 1.82) is 0 Å². The van der Waals surface area contributed by atoms with Crippen LogP contribution in [0, 0.1) is 17.8 Å². The minimum absolute atomic E-state index is 0.0163. The predicted molar refractivity (Wildman–Crippen MR) is 234 cm³/mol. The lowest BCUT2D eigenvalue weighted by molar-refractivity contribution is -0.137. The molecule has 8 rings (SSSR count). The average molecular weight is 848 g/mol. The summed E-state index contributed by atoms with van der Waals surface area (Å²) < 4.78 is 21.7. The number of methoxy groups -OCH3 is 3. The van der Waals surface area contributed by atoms with E-state index in [1.807, 2.05) is 50.6 Å². The molecule has 4 amide bonds. The van der Waals surface area contributed by atoms with E-state index in [9.17, 15) is 19.2 Å². The fourth-order valence-corrected chi connectivity index (χ4v) is 9.74.